The van der Waals surface area contributed by atoms with Crippen molar-refractivity contribution < 1.29 is 19.4 Å². The van der Waals surface area contributed by atoms with Crippen LogP contribution in [0.1, 0.15) is 22.3 Å². The molecule has 3 N–H and O–H groups in total. The minimum atomic E-state index is -1.19. The molecule has 1 aromatic carbocycles. The Hall–Kier alpha value is -2.19. The number of anilines is 1. The van der Waals surface area contributed by atoms with E-state index in [4.69, 9.17) is 22.4 Å². The molecule has 0 saturated heterocycles. The lowest BCUT2D eigenvalue weighted by atomic mass is 10.1. The van der Waals surface area contributed by atoms with Crippen molar-refractivity contribution >= 4 is 29.2 Å². The fourth-order valence-corrected chi connectivity index (χ4v) is 1.40. The number of hydrogen-bond donors (Lipinski definition) is 2. The Morgan fingerprint density at radius 3 is 2.72 bits per heavy atom. The number of ether oxygens (including phenoxy) is 1. The maximum Gasteiger partial charge on any atom is 0.337 e. The molecule has 18 heavy (non-hydrogen) atoms. The third-order valence-corrected chi connectivity index (χ3v) is 2.28. The average Bonchev–Trinajstić information content (AvgIpc) is 2.32. The third kappa shape index (κ3) is 3.40. The number of halogens is 1. The fraction of sp³-hybridized carbons (Fsp3) is 0.167. The number of rotatable bonds is 2. The maximum absolute atomic E-state index is 10.9. The Labute approximate surface area is 108 Å². The van der Waals surface area contributed by atoms with E-state index in [1.54, 1.807) is 0 Å². The first-order valence-corrected chi connectivity index (χ1v) is 5.21. The number of benzene rings is 1. The minimum Gasteiger partial charge on any atom is -0.478 e. The van der Waals surface area contributed by atoms with E-state index >= 15 is 0 Å². The molecule has 0 aliphatic carbocycles. The average molecular weight is 268 g/mol. The van der Waals surface area contributed by atoms with Crippen LogP contribution < -0.4 is 5.73 Å². The second kappa shape index (κ2) is 5.94. The monoisotopic (exact) mass is 267 g/mol. The Bertz CT molecular complexity index is 557. The molecule has 0 aliphatic rings. The van der Waals surface area contributed by atoms with Crippen LogP contribution in [0.3, 0.4) is 0 Å². The molecule has 0 aromatic heterocycles. The highest BCUT2D eigenvalue weighted by Crippen LogP contribution is 2.22. The number of aromatic carboxylic acids is 1. The summed E-state index contributed by atoms with van der Waals surface area (Å²) in [5.41, 5.74) is 5.81. The third-order valence-electron chi connectivity index (χ3n) is 2.06. The van der Waals surface area contributed by atoms with E-state index < -0.39 is 11.9 Å². The van der Waals surface area contributed by atoms with Crippen molar-refractivity contribution in [2.45, 2.75) is 6.42 Å². The van der Waals surface area contributed by atoms with Gasteiger partial charge in [-0.05, 0) is 12.1 Å². The van der Waals surface area contributed by atoms with Crippen LogP contribution in [0, 0.1) is 11.8 Å². The molecule has 6 heteroatoms. The van der Waals surface area contributed by atoms with Gasteiger partial charge in [-0.2, -0.15) is 0 Å². The lowest BCUT2D eigenvalue weighted by molar-refractivity contribution is -0.139. The van der Waals surface area contributed by atoms with Crippen LogP contribution in [0.5, 0.6) is 0 Å². The summed E-state index contributed by atoms with van der Waals surface area (Å²) in [5, 5.41) is 9.12. The molecule has 0 unspecified atom stereocenters. The molecular weight excluding hydrogens is 258 g/mol. The zero-order valence-corrected chi connectivity index (χ0v) is 10.2. The van der Waals surface area contributed by atoms with E-state index in [2.05, 4.69) is 16.6 Å². The SMILES string of the molecule is COC(=O)CC#Cc1cc(Cl)cc(C(=O)O)c1N. The number of carbonyl (C=O) groups is 2. The molecule has 0 heterocycles. The molecule has 0 amide bonds. The van der Waals surface area contributed by atoms with E-state index in [0.717, 1.165) is 0 Å². The second-order valence-electron chi connectivity index (χ2n) is 3.27. The quantitative estimate of drug-likeness (QED) is 0.482. The molecule has 0 radical (unpaired) electrons. The molecular formula is C12H10ClNO4. The zero-order valence-electron chi connectivity index (χ0n) is 9.49. The Morgan fingerprint density at radius 1 is 1.50 bits per heavy atom. The van der Waals surface area contributed by atoms with Crippen molar-refractivity contribution in [2.24, 2.45) is 0 Å². The predicted molar refractivity (Wildman–Crippen MR) is 66.3 cm³/mol. The van der Waals surface area contributed by atoms with Crippen LogP contribution in [0.25, 0.3) is 0 Å². The standard InChI is InChI=1S/C12H10ClNO4/c1-18-10(15)4-2-3-7-5-8(13)6-9(11(7)14)12(16)17/h5-6H,4,14H2,1H3,(H,16,17). The van der Waals surface area contributed by atoms with Crippen molar-refractivity contribution in [3.05, 3.63) is 28.3 Å². The Morgan fingerprint density at radius 2 is 2.17 bits per heavy atom. The number of nitrogen functional groups attached to an aromatic ring is 1. The molecule has 0 fully saturated rings. The van der Waals surface area contributed by atoms with E-state index in [1.807, 2.05) is 0 Å². The Kier molecular flexibility index (Phi) is 4.58. The lowest BCUT2D eigenvalue weighted by Crippen LogP contribution is -2.04. The van der Waals surface area contributed by atoms with Crippen molar-refractivity contribution in [1.29, 1.82) is 0 Å². The second-order valence-corrected chi connectivity index (χ2v) is 3.71. The Balaban J connectivity index is 3.10. The van der Waals surface area contributed by atoms with Crippen molar-refractivity contribution in [3.63, 3.8) is 0 Å². The van der Waals surface area contributed by atoms with Crippen LogP contribution in [0.2, 0.25) is 5.02 Å². The van der Waals surface area contributed by atoms with Gasteiger partial charge in [0.15, 0.2) is 0 Å². The molecule has 1 rings (SSSR count). The number of methoxy groups -OCH3 is 1. The van der Waals surface area contributed by atoms with Gasteiger partial charge in [0.2, 0.25) is 0 Å². The van der Waals surface area contributed by atoms with Gasteiger partial charge in [-0.25, -0.2) is 4.79 Å². The van der Waals surface area contributed by atoms with Crippen LogP contribution in [-0.2, 0) is 9.53 Å². The van der Waals surface area contributed by atoms with Gasteiger partial charge in [0, 0.05) is 10.6 Å². The summed E-state index contributed by atoms with van der Waals surface area (Å²) in [6.07, 6.45) is -0.106. The van der Waals surface area contributed by atoms with Crippen molar-refractivity contribution in [1.82, 2.24) is 0 Å². The summed E-state index contributed by atoms with van der Waals surface area (Å²) in [6, 6.07) is 2.68. The van der Waals surface area contributed by atoms with Gasteiger partial charge in [-0.3, -0.25) is 4.79 Å². The smallest absolute Gasteiger partial charge is 0.337 e. The number of esters is 1. The largest absolute Gasteiger partial charge is 0.478 e. The number of carboxylic acid groups (broad SMARTS) is 1. The molecule has 0 spiro atoms. The first-order chi connectivity index (χ1) is 8.45. The fourth-order valence-electron chi connectivity index (χ4n) is 1.18. The van der Waals surface area contributed by atoms with Gasteiger partial charge < -0.3 is 15.6 Å². The number of carbonyl (C=O) groups excluding carboxylic acids is 1. The van der Waals surface area contributed by atoms with Crippen LogP contribution in [0.15, 0.2) is 12.1 Å². The molecule has 0 atom stereocenters. The van der Waals surface area contributed by atoms with Gasteiger partial charge in [0.05, 0.1) is 18.4 Å². The van der Waals surface area contributed by atoms with E-state index in [1.165, 1.54) is 19.2 Å². The van der Waals surface area contributed by atoms with Crippen molar-refractivity contribution in [3.8, 4) is 11.8 Å². The van der Waals surface area contributed by atoms with Gasteiger partial charge in [-0.15, -0.1) is 0 Å². The number of hydrogen-bond acceptors (Lipinski definition) is 4. The van der Waals surface area contributed by atoms with E-state index in [0.29, 0.717) is 0 Å². The first kappa shape index (κ1) is 13.9. The van der Waals surface area contributed by atoms with Crippen LogP contribution >= 0.6 is 11.6 Å². The highest BCUT2D eigenvalue weighted by molar-refractivity contribution is 6.31. The number of nitrogens with two attached hydrogens (primary N) is 1. The summed E-state index contributed by atoms with van der Waals surface area (Å²) in [6.45, 7) is 0. The van der Waals surface area contributed by atoms with Gasteiger partial charge in [0.25, 0.3) is 0 Å². The summed E-state index contributed by atoms with van der Waals surface area (Å²) < 4.78 is 4.41. The van der Waals surface area contributed by atoms with Gasteiger partial charge in [0.1, 0.15) is 6.42 Å². The summed E-state index contributed by atoms with van der Waals surface area (Å²) >= 11 is 5.76. The predicted octanol–water partition coefficient (Wildman–Crippen LogP) is 1.53. The minimum absolute atomic E-state index is 0.0178. The topological polar surface area (TPSA) is 89.6 Å². The molecule has 5 nitrogen and oxygen atoms in total. The lowest BCUT2D eigenvalue weighted by Gasteiger charge is -2.04. The molecule has 0 saturated carbocycles. The maximum atomic E-state index is 10.9. The van der Waals surface area contributed by atoms with E-state index in [-0.39, 0.29) is 28.3 Å². The molecule has 0 bridgehead atoms. The normalized spacial score (nSPS) is 9.22. The molecule has 94 valence electrons. The summed E-state index contributed by atoms with van der Waals surface area (Å²) in [7, 11) is 1.25. The van der Waals surface area contributed by atoms with Gasteiger partial charge >= 0.3 is 11.9 Å². The number of carboxylic acids is 1. The molecule has 1 aromatic rings. The molecule has 0 aliphatic heterocycles. The van der Waals surface area contributed by atoms with Crippen LogP contribution in [-0.4, -0.2) is 24.2 Å². The van der Waals surface area contributed by atoms with E-state index in [9.17, 15) is 9.59 Å². The highest BCUT2D eigenvalue weighted by atomic mass is 35.5. The zero-order chi connectivity index (χ0) is 13.7. The van der Waals surface area contributed by atoms with Crippen molar-refractivity contribution in [2.75, 3.05) is 12.8 Å². The first-order valence-electron chi connectivity index (χ1n) is 4.83. The van der Waals surface area contributed by atoms with Gasteiger partial charge in [-0.1, -0.05) is 23.4 Å². The summed E-state index contributed by atoms with van der Waals surface area (Å²) in [5.74, 6) is 3.45. The summed E-state index contributed by atoms with van der Waals surface area (Å²) in [4.78, 5) is 21.7. The van der Waals surface area contributed by atoms with Crippen LogP contribution in [0.4, 0.5) is 5.69 Å². The highest BCUT2D eigenvalue weighted by Gasteiger charge is 2.12.